The number of hydrogen-bond acceptors (Lipinski definition) is 6. The number of hydrogen-bond donors (Lipinski definition) is 0. The number of fused-ring (bicyclic) bond motifs is 1. The van der Waals surface area contributed by atoms with Crippen molar-refractivity contribution in [1.82, 2.24) is 19.0 Å². The summed E-state index contributed by atoms with van der Waals surface area (Å²) in [6, 6.07) is 8.33. The maximum absolute atomic E-state index is 12.9. The van der Waals surface area contributed by atoms with Crippen molar-refractivity contribution in [3.63, 3.8) is 0 Å². The first-order valence-corrected chi connectivity index (χ1v) is 12.0. The van der Waals surface area contributed by atoms with E-state index in [1.54, 1.807) is 33.8 Å². The van der Waals surface area contributed by atoms with E-state index in [0.29, 0.717) is 30.3 Å². The second kappa shape index (κ2) is 8.01. The lowest BCUT2D eigenvalue weighted by atomic mass is 10.3. The molecule has 1 aliphatic rings. The number of benzene rings is 1. The molecule has 1 fully saturated rings. The van der Waals surface area contributed by atoms with Crippen molar-refractivity contribution in [2.24, 2.45) is 7.05 Å². The molecule has 30 heavy (non-hydrogen) atoms. The molecule has 1 saturated heterocycles. The van der Waals surface area contributed by atoms with Gasteiger partial charge in [-0.15, -0.1) is 11.3 Å². The Morgan fingerprint density at radius 1 is 1.17 bits per heavy atom. The minimum Gasteiger partial charge on any atom is -0.494 e. The normalized spacial score (nSPS) is 15.6. The predicted octanol–water partition coefficient (Wildman–Crippen LogP) is 2.49. The van der Waals surface area contributed by atoms with Gasteiger partial charge in [0, 0.05) is 38.6 Å². The van der Waals surface area contributed by atoms with Gasteiger partial charge >= 0.3 is 0 Å². The smallest absolute Gasteiger partial charge is 0.264 e. The van der Waals surface area contributed by atoms with Crippen LogP contribution in [0, 0.1) is 6.92 Å². The van der Waals surface area contributed by atoms with Crippen LogP contribution in [0.1, 0.15) is 22.3 Å². The zero-order chi connectivity index (χ0) is 21.5. The fourth-order valence-corrected chi connectivity index (χ4v) is 6.13. The Balaban J connectivity index is 1.44. The van der Waals surface area contributed by atoms with E-state index in [1.165, 1.54) is 15.6 Å². The van der Waals surface area contributed by atoms with Crippen LogP contribution >= 0.6 is 11.3 Å². The Bertz CT molecular complexity index is 1140. The molecule has 8 nitrogen and oxygen atoms in total. The average Bonchev–Trinajstić information content (AvgIpc) is 3.29. The highest BCUT2D eigenvalue weighted by molar-refractivity contribution is 7.89. The van der Waals surface area contributed by atoms with Crippen molar-refractivity contribution in [3.8, 4) is 5.75 Å². The average molecular weight is 449 g/mol. The number of rotatable bonds is 5. The third kappa shape index (κ3) is 3.70. The molecule has 1 aliphatic heterocycles. The van der Waals surface area contributed by atoms with Gasteiger partial charge in [-0.3, -0.25) is 9.48 Å². The Morgan fingerprint density at radius 2 is 1.83 bits per heavy atom. The first-order valence-electron chi connectivity index (χ1n) is 9.76. The van der Waals surface area contributed by atoms with Gasteiger partial charge in [0.25, 0.3) is 5.91 Å². The molecule has 0 atom stereocenters. The number of carbonyl (C=O) groups is 1. The third-order valence-electron chi connectivity index (χ3n) is 5.21. The molecule has 0 N–H and O–H groups in total. The number of nitrogens with zero attached hydrogens (tertiary/aromatic N) is 4. The van der Waals surface area contributed by atoms with Crippen molar-refractivity contribution in [2.75, 3.05) is 32.8 Å². The van der Waals surface area contributed by atoms with Crippen LogP contribution in [-0.2, 0) is 17.1 Å². The molecule has 1 amide bonds. The second-order valence-corrected chi connectivity index (χ2v) is 10.1. The molecule has 0 aliphatic carbocycles. The largest absolute Gasteiger partial charge is 0.494 e. The Labute approximate surface area is 179 Å². The van der Waals surface area contributed by atoms with Crippen LogP contribution in [0.4, 0.5) is 0 Å². The summed E-state index contributed by atoms with van der Waals surface area (Å²) < 4.78 is 34.5. The SMILES string of the molecule is CCOc1ccc(S(=O)(=O)N2CCN(C(=O)c3cc4c(C)nn(C)c4s3)CC2)cc1. The van der Waals surface area contributed by atoms with Crippen molar-refractivity contribution in [3.05, 3.63) is 40.9 Å². The van der Waals surface area contributed by atoms with Gasteiger partial charge in [0.2, 0.25) is 10.0 Å². The minimum atomic E-state index is -3.60. The van der Waals surface area contributed by atoms with Crippen LogP contribution in [0.15, 0.2) is 35.2 Å². The number of thiophene rings is 1. The van der Waals surface area contributed by atoms with Crippen molar-refractivity contribution in [2.45, 2.75) is 18.7 Å². The monoisotopic (exact) mass is 448 g/mol. The number of piperazine rings is 1. The van der Waals surface area contributed by atoms with Gasteiger partial charge < -0.3 is 9.64 Å². The third-order valence-corrected chi connectivity index (χ3v) is 8.31. The van der Waals surface area contributed by atoms with Crippen LogP contribution in [0.3, 0.4) is 0 Å². The summed E-state index contributed by atoms with van der Waals surface area (Å²) in [5, 5.41) is 5.35. The highest BCUT2D eigenvalue weighted by Crippen LogP contribution is 2.29. The summed E-state index contributed by atoms with van der Waals surface area (Å²) >= 11 is 1.42. The Hall–Kier alpha value is -2.43. The van der Waals surface area contributed by atoms with Crippen molar-refractivity contribution < 1.29 is 17.9 Å². The Morgan fingerprint density at radius 3 is 2.43 bits per heavy atom. The zero-order valence-corrected chi connectivity index (χ0v) is 18.8. The molecule has 10 heteroatoms. The fourth-order valence-electron chi connectivity index (χ4n) is 3.62. The molecule has 0 spiro atoms. The highest BCUT2D eigenvalue weighted by atomic mass is 32.2. The number of aryl methyl sites for hydroxylation is 2. The van der Waals surface area contributed by atoms with E-state index in [2.05, 4.69) is 5.10 Å². The predicted molar refractivity (Wildman–Crippen MR) is 116 cm³/mol. The molecular formula is C20H24N4O4S2. The lowest BCUT2D eigenvalue weighted by Gasteiger charge is -2.33. The topological polar surface area (TPSA) is 84.7 Å². The summed E-state index contributed by atoms with van der Waals surface area (Å²) in [7, 11) is -1.73. The molecule has 0 bridgehead atoms. The number of ether oxygens (including phenoxy) is 1. The van der Waals surface area contributed by atoms with E-state index in [1.807, 2.05) is 27.0 Å². The van der Waals surface area contributed by atoms with Crippen LogP contribution in [-0.4, -0.2) is 66.1 Å². The maximum Gasteiger partial charge on any atom is 0.264 e. The van der Waals surface area contributed by atoms with E-state index in [-0.39, 0.29) is 23.9 Å². The van der Waals surface area contributed by atoms with Gasteiger partial charge in [-0.05, 0) is 44.2 Å². The standard InChI is InChI=1S/C20H24N4O4S2/c1-4-28-15-5-7-16(8-6-15)30(26,27)24-11-9-23(10-12-24)19(25)18-13-17-14(2)21-22(3)20(17)29-18/h5-8,13H,4,9-12H2,1-3H3. The molecular weight excluding hydrogens is 424 g/mol. The van der Waals surface area contributed by atoms with Crippen molar-refractivity contribution in [1.29, 1.82) is 0 Å². The van der Waals surface area contributed by atoms with Gasteiger partial charge in [0.1, 0.15) is 10.6 Å². The molecule has 0 radical (unpaired) electrons. The van der Waals surface area contributed by atoms with Crippen LogP contribution in [0.5, 0.6) is 5.75 Å². The minimum absolute atomic E-state index is 0.0614. The molecule has 4 rings (SSSR count). The lowest BCUT2D eigenvalue weighted by molar-refractivity contribution is 0.0703. The zero-order valence-electron chi connectivity index (χ0n) is 17.2. The van der Waals surface area contributed by atoms with Crippen molar-refractivity contribution >= 4 is 37.5 Å². The summed E-state index contributed by atoms with van der Waals surface area (Å²) in [5.41, 5.74) is 0.897. The highest BCUT2D eigenvalue weighted by Gasteiger charge is 2.31. The molecule has 3 aromatic rings. The molecule has 3 heterocycles. The van der Waals surface area contributed by atoms with E-state index >= 15 is 0 Å². The summed E-state index contributed by atoms with van der Waals surface area (Å²) in [6.45, 7) is 5.59. The maximum atomic E-state index is 12.9. The van der Waals surface area contributed by atoms with Crippen LogP contribution in [0.25, 0.3) is 10.2 Å². The van der Waals surface area contributed by atoms with E-state index in [9.17, 15) is 13.2 Å². The van der Waals surface area contributed by atoms with Gasteiger partial charge in [-0.1, -0.05) is 0 Å². The molecule has 0 saturated carbocycles. The summed E-state index contributed by atoms with van der Waals surface area (Å²) in [4.78, 5) is 16.5. The number of sulfonamides is 1. The summed E-state index contributed by atoms with van der Waals surface area (Å²) in [5.74, 6) is 0.578. The first kappa shape index (κ1) is 20.8. The van der Waals surface area contributed by atoms with E-state index in [0.717, 1.165) is 15.9 Å². The van der Waals surface area contributed by atoms with Gasteiger partial charge in [0.05, 0.1) is 22.1 Å². The Kier molecular flexibility index (Phi) is 5.56. The quantitative estimate of drug-likeness (QED) is 0.599. The number of carbonyl (C=O) groups excluding carboxylic acids is 1. The van der Waals surface area contributed by atoms with Crippen LogP contribution in [0.2, 0.25) is 0 Å². The van der Waals surface area contributed by atoms with Crippen LogP contribution < -0.4 is 4.74 Å². The number of aromatic nitrogens is 2. The molecule has 160 valence electrons. The molecule has 1 aromatic carbocycles. The first-order chi connectivity index (χ1) is 14.3. The van der Waals surface area contributed by atoms with Gasteiger partial charge in [-0.25, -0.2) is 8.42 Å². The van der Waals surface area contributed by atoms with E-state index in [4.69, 9.17) is 4.74 Å². The summed E-state index contributed by atoms with van der Waals surface area (Å²) in [6.07, 6.45) is 0. The second-order valence-electron chi connectivity index (χ2n) is 7.14. The van der Waals surface area contributed by atoms with Gasteiger partial charge in [-0.2, -0.15) is 9.40 Å². The molecule has 0 unspecified atom stereocenters. The fraction of sp³-hybridized carbons (Fsp3) is 0.400. The molecule has 2 aromatic heterocycles. The lowest BCUT2D eigenvalue weighted by Crippen LogP contribution is -2.50. The van der Waals surface area contributed by atoms with Gasteiger partial charge in [0.15, 0.2) is 0 Å². The van der Waals surface area contributed by atoms with E-state index < -0.39 is 10.0 Å². The number of amides is 1.